The van der Waals surface area contributed by atoms with Gasteiger partial charge < -0.3 is 36.2 Å². The van der Waals surface area contributed by atoms with Gasteiger partial charge in [0.25, 0.3) is 0 Å². The largest absolute Gasteiger partial charge is 0.394 e. The standard InChI is InChI=1S/C14H25N5O6S/c1-2-3-26-6-7(15)13(24)16-9-4-19(18-17-9)14-12(23)11(22)10(21)8(5-20)25-14/h4,7-8,10-12,14,20-23H,2-3,5-6,15H2,1H3,(H,16,24)/t7-,8?,10?,11?,12?,14+/m1/s1. The predicted octanol–water partition coefficient (Wildman–Crippen LogP) is -2.34. The van der Waals surface area contributed by atoms with Gasteiger partial charge in [-0.05, 0) is 12.2 Å². The Morgan fingerprint density at radius 3 is 2.81 bits per heavy atom. The van der Waals surface area contributed by atoms with Crippen molar-refractivity contribution in [2.45, 2.75) is 50.0 Å². The van der Waals surface area contributed by atoms with E-state index in [9.17, 15) is 25.2 Å². The number of hydrogen-bond acceptors (Lipinski definition) is 10. The molecule has 12 heteroatoms. The molecule has 6 atom stereocenters. The van der Waals surface area contributed by atoms with Gasteiger partial charge in [0.2, 0.25) is 5.91 Å². The van der Waals surface area contributed by atoms with Gasteiger partial charge in [-0.15, -0.1) is 5.10 Å². The zero-order valence-corrected chi connectivity index (χ0v) is 15.1. The molecule has 1 saturated heterocycles. The van der Waals surface area contributed by atoms with Crippen molar-refractivity contribution in [1.82, 2.24) is 15.0 Å². The molecule has 0 bridgehead atoms. The van der Waals surface area contributed by atoms with E-state index in [1.807, 2.05) is 6.92 Å². The van der Waals surface area contributed by atoms with Crippen LogP contribution in [0.2, 0.25) is 0 Å². The number of thioether (sulfide) groups is 1. The van der Waals surface area contributed by atoms with Crippen LogP contribution in [0.15, 0.2) is 6.20 Å². The van der Waals surface area contributed by atoms with Gasteiger partial charge in [-0.1, -0.05) is 12.1 Å². The topological polar surface area (TPSA) is 176 Å². The Kier molecular flexibility index (Phi) is 7.76. The SMILES string of the molecule is CCCSC[C@@H](N)C(=O)Nc1cn([C@H]2OC(CO)C(O)C(O)C2O)nn1. The number of aromatic nitrogens is 3. The smallest absolute Gasteiger partial charge is 0.243 e. The highest BCUT2D eigenvalue weighted by Gasteiger charge is 2.44. The number of ether oxygens (including phenoxy) is 1. The van der Waals surface area contributed by atoms with E-state index in [4.69, 9.17) is 10.5 Å². The van der Waals surface area contributed by atoms with Gasteiger partial charge in [-0.25, -0.2) is 4.68 Å². The molecule has 1 fully saturated rings. The lowest BCUT2D eigenvalue weighted by atomic mass is 9.98. The summed E-state index contributed by atoms with van der Waals surface area (Å²) in [7, 11) is 0. The molecule has 11 nitrogen and oxygen atoms in total. The van der Waals surface area contributed by atoms with E-state index in [-0.39, 0.29) is 5.82 Å². The fourth-order valence-corrected chi connectivity index (χ4v) is 3.27. The van der Waals surface area contributed by atoms with Crippen molar-refractivity contribution >= 4 is 23.5 Å². The number of carbonyl (C=O) groups excluding carboxylic acids is 1. The second kappa shape index (κ2) is 9.60. The van der Waals surface area contributed by atoms with Gasteiger partial charge >= 0.3 is 0 Å². The predicted molar refractivity (Wildman–Crippen MR) is 93.3 cm³/mol. The average Bonchev–Trinajstić information content (AvgIpc) is 3.08. The first-order valence-corrected chi connectivity index (χ1v) is 9.41. The number of aliphatic hydroxyl groups is 4. The quantitative estimate of drug-likeness (QED) is 0.263. The molecule has 0 spiro atoms. The molecule has 0 aliphatic carbocycles. The monoisotopic (exact) mass is 391 g/mol. The fourth-order valence-electron chi connectivity index (χ4n) is 2.41. The minimum atomic E-state index is -1.53. The number of hydrogen-bond donors (Lipinski definition) is 6. The lowest BCUT2D eigenvalue weighted by molar-refractivity contribution is -0.254. The summed E-state index contributed by atoms with van der Waals surface area (Å²) in [6.07, 6.45) is -4.44. The van der Waals surface area contributed by atoms with Crippen LogP contribution >= 0.6 is 11.8 Å². The minimum absolute atomic E-state index is 0.0999. The van der Waals surface area contributed by atoms with E-state index in [0.29, 0.717) is 5.75 Å². The van der Waals surface area contributed by atoms with Crippen LogP contribution in [0.3, 0.4) is 0 Å². The van der Waals surface area contributed by atoms with Crippen molar-refractivity contribution in [2.75, 3.05) is 23.4 Å². The molecule has 1 aliphatic heterocycles. The third kappa shape index (κ3) is 4.91. The normalized spacial score (nSPS) is 30.2. The maximum absolute atomic E-state index is 12.0. The van der Waals surface area contributed by atoms with E-state index in [1.165, 1.54) is 6.20 Å². The van der Waals surface area contributed by atoms with Crippen LogP contribution in [0.1, 0.15) is 19.6 Å². The van der Waals surface area contributed by atoms with E-state index >= 15 is 0 Å². The molecular weight excluding hydrogens is 366 g/mol. The summed E-state index contributed by atoms with van der Waals surface area (Å²) in [5.41, 5.74) is 5.81. The van der Waals surface area contributed by atoms with Crippen LogP contribution < -0.4 is 11.1 Å². The third-order valence-electron chi connectivity index (χ3n) is 3.87. The highest BCUT2D eigenvalue weighted by Crippen LogP contribution is 2.28. The van der Waals surface area contributed by atoms with Gasteiger partial charge in [0.05, 0.1) is 18.8 Å². The van der Waals surface area contributed by atoms with Gasteiger partial charge in [0, 0.05) is 5.75 Å². The number of carbonyl (C=O) groups is 1. The molecule has 0 radical (unpaired) electrons. The number of nitrogens with two attached hydrogens (primary N) is 1. The number of aliphatic hydroxyl groups excluding tert-OH is 4. The molecule has 0 aromatic carbocycles. The molecule has 1 amide bonds. The van der Waals surface area contributed by atoms with Crippen molar-refractivity contribution in [3.63, 3.8) is 0 Å². The molecule has 1 aromatic heterocycles. The van der Waals surface area contributed by atoms with Crippen molar-refractivity contribution in [2.24, 2.45) is 5.73 Å². The summed E-state index contributed by atoms with van der Waals surface area (Å²) in [6.45, 7) is 1.49. The number of nitrogens with one attached hydrogen (secondary N) is 1. The maximum Gasteiger partial charge on any atom is 0.243 e. The second-order valence-corrected chi connectivity index (χ2v) is 7.12. The third-order valence-corrected chi connectivity index (χ3v) is 5.16. The van der Waals surface area contributed by atoms with Crippen LogP contribution in [0.4, 0.5) is 5.82 Å². The Balaban J connectivity index is 1.99. The summed E-state index contributed by atoms with van der Waals surface area (Å²) in [4.78, 5) is 12.0. The average molecular weight is 391 g/mol. The molecule has 2 heterocycles. The highest BCUT2D eigenvalue weighted by molar-refractivity contribution is 7.99. The molecule has 1 aliphatic rings. The Morgan fingerprint density at radius 2 is 2.15 bits per heavy atom. The van der Waals surface area contributed by atoms with Gasteiger partial charge in [0.15, 0.2) is 12.0 Å². The maximum atomic E-state index is 12.0. The molecule has 1 aromatic rings. The Hall–Kier alpha value is -1.28. The lowest BCUT2D eigenvalue weighted by Crippen LogP contribution is -2.56. The fraction of sp³-hybridized carbons (Fsp3) is 0.786. The molecule has 148 valence electrons. The van der Waals surface area contributed by atoms with Crippen LogP contribution in [0, 0.1) is 0 Å². The molecule has 7 N–H and O–H groups in total. The van der Waals surface area contributed by atoms with E-state index in [2.05, 4.69) is 15.6 Å². The van der Waals surface area contributed by atoms with Crippen molar-refractivity contribution in [1.29, 1.82) is 0 Å². The highest BCUT2D eigenvalue weighted by atomic mass is 32.2. The summed E-state index contributed by atoms with van der Waals surface area (Å²) in [5.74, 6) is 1.06. The molecule has 0 saturated carbocycles. The number of anilines is 1. The first-order chi connectivity index (χ1) is 12.4. The van der Waals surface area contributed by atoms with Crippen LogP contribution in [0.25, 0.3) is 0 Å². The van der Waals surface area contributed by atoms with Gasteiger partial charge in [0.1, 0.15) is 24.4 Å². The van der Waals surface area contributed by atoms with Crippen LogP contribution in [-0.4, -0.2) is 89.9 Å². The summed E-state index contributed by atoms with van der Waals surface area (Å²) in [5, 5.41) is 48.9. The first-order valence-electron chi connectivity index (χ1n) is 8.25. The number of amides is 1. The molecule has 4 unspecified atom stereocenters. The zero-order chi connectivity index (χ0) is 19.3. The summed E-state index contributed by atoms with van der Waals surface area (Å²) >= 11 is 1.58. The number of rotatable bonds is 8. The van der Waals surface area contributed by atoms with Gasteiger partial charge in [-0.2, -0.15) is 11.8 Å². The Morgan fingerprint density at radius 1 is 1.42 bits per heavy atom. The lowest BCUT2D eigenvalue weighted by Gasteiger charge is -2.39. The summed E-state index contributed by atoms with van der Waals surface area (Å²) < 4.78 is 6.45. The summed E-state index contributed by atoms with van der Waals surface area (Å²) in [6, 6.07) is -0.705. The molecule has 2 rings (SSSR count). The van der Waals surface area contributed by atoms with Crippen LogP contribution in [-0.2, 0) is 9.53 Å². The van der Waals surface area contributed by atoms with Crippen molar-refractivity contribution in [3.8, 4) is 0 Å². The van der Waals surface area contributed by atoms with E-state index in [1.54, 1.807) is 11.8 Å². The Bertz CT molecular complexity index is 588. The minimum Gasteiger partial charge on any atom is -0.394 e. The van der Waals surface area contributed by atoms with Crippen molar-refractivity contribution in [3.05, 3.63) is 6.20 Å². The molecule has 26 heavy (non-hydrogen) atoms. The van der Waals surface area contributed by atoms with Crippen molar-refractivity contribution < 1.29 is 30.0 Å². The van der Waals surface area contributed by atoms with E-state index < -0.39 is 49.2 Å². The zero-order valence-electron chi connectivity index (χ0n) is 14.3. The number of nitrogens with zero attached hydrogens (tertiary/aromatic N) is 3. The second-order valence-electron chi connectivity index (χ2n) is 5.97. The van der Waals surface area contributed by atoms with Crippen LogP contribution in [0.5, 0.6) is 0 Å². The Labute approximate surface area is 154 Å². The van der Waals surface area contributed by atoms with Gasteiger partial charge in [-0.3, -0.25) is 4.79 Å². The van der Waals surface area contributed by atoms with E-state index in [0.717, 1.165) is 16.9 Å². The first kappa shape index (κ1) is 21.0. The molecular formula is C14H25N5O6S.